The Morgan fingerprint density at radius 1 is 1.21 bits per heavy atom. The number of hydrogen-bond donors (Lipinski definition) is 2. The van der Waals surface area contributed by atoms with Gasteiger partial charge in [0.15, 0.2) is 11.5 Å². The molecule has 4 rings (SSSR count). The quantitative estimate of drug-likeness (QED) is 0.874. The zero-order valence-corrected chi connectivity index (χ0v) is 14.1. The molecule has 6 heteroatoms. The Morgan fingerprint density at radius 3 is 2.79 bits per heavy atom. The largest absolute Gasteiger partial charge is 0.486 e. The highest BCUT2D eigenvalue weighted by Gasteiger charge is 2.28. The van der Waals surface area contributed by atoms with Gasteiger partial charge in [-0.05, 0) is 54.7 Å². The number of benzene rings is 1. The molecule has 2 heterocycles. The topological polar surface area (TPSA) is 73.6 Å². The summed E-state index contributed by atoms with van der Waals surface area (Å²) in [6.45, 7) is 1.69. The van der Waals surface area contributed by atoms with E-state index in [1.54, 1.807) is 0 Å². The Labute approximate surface area is 144 Å². The van der Waals surface area contributed by atoms with E-state index >= 15 is 0 Å². The normalized spacial score (nSPS) is 17.4. The molecule has 126 valence electrons. The summed E-state index contributed by atoms with van der Waals surface area (Å²) in [5.74, 6) is 2.06. The van der Waals surface area contributed by atoms with Gasteiger partial charge in [0, 0.05) is 17.5 Å². The van der Waals surface area contributed by atoms with E-state index in [0.29, 0.717) is 30.6 Å². The fraction of sp³-hybridized carbons (Fsp3) is 0.389. The lowest BCUT2D eigenvalue weighted by Crippen LogP contribution is -2.38. The van der Waals surface area contributed by atoms with Crippen molar-refractivity contribution in [2.24, 2.45) is 11.7 Å². The van der Waals surface area contributed by atoms with Crippen molar-refractivity contribution in [3.8, 4) is 21.9 Å². The summed E-state index contributed by atoms with van der Waals surface area (Å²) >= 11 is 1.47. The van der Waals surface area contributed by atoms with Crippen LogP contribution < -0.4 is 20.5 Å². The van der Waals surface area contributed by atoms with Crippen LogP contribution in [0.2, 0.25) is 0 Å². The summed E-state index contributed by atoms with van der Waals surface area (Å²) in [6.07, 6.45) is 2.37. The Morgan fingerprint density at radius 2 is 2.00 bits per heavy atom. The third-order valence-electron chi connectivity index (χ3n) is 4.38. The van der Waals surface area contributed by atoms with Crippen LogP contribution in [0, 0.1) is 5.92 Å². The number of amides is 1. The second kappa shape index (κ2) is 6.45. The number of nitrogens with two attached hydrogens (primary N) is 1. The van der Waals surface area contributed by atoms with Gasteiger partial charge in [-0.3, -0.25) is 4.79 Å². The molecule has 1 aromatic carbocycles. The van der Waals surface area contributed by atoms with E-state index in [0.717, 1.165) is 21.9 Å². The van der Waals surface area contributed by atoms with E-state index in [2.05, 4.69) is 5.32 Å². The van der Waals surface area contributed by atoms with Crippen LogP contribution in [0.1, 0.15) is 22.5 Å². The van der Waals surface area contributed by atoms with E-state index in [4.69, 9.17) is 15.2 Å². The summed E-state index contributed by atoms with van der Waals surface area (Å²) < 4.78 is 11.2. The highest BCUT2D eigenvalue weighted by atomic mass is 32.1. The molecule has 1 fully saturated rings. The van der Waals surface area contributed by atoms with Crippen molar-refractivity contribution in [3.63, 3.8) is 0 Å². The SMILES string of the molecule is NC(CNC(=O)c1ccc(-c2ccc3c(c2)OCCO3)s1)C1CC1. The molecule has 1 aliphatic heterocycles. The fourth-order valence-corrected chi connectivity index (χ4v) is 3.72. The number of carbonyl (C=O) groups is 1. The molecular formula is C18H20N2O3S. The summed E-state index contributed by atoms with van der Waals surface area (Å²) in [5, 5.41) is 2.94. The van der Waals surface area contributed by atoms with Crippen LogP contribution in [0.15, 0.2) is 30.3 Å². The predicted octanol–water partition coefficient (Wildman–Crippen LogP) is 2.65. The van der Waals surface area contributed by atoms with E-state index in [9.17, 15) is 4.79 Å². The minimum atomic E-state index is -0.0557. The lowest BCUT2D eigenvalue weighted by molar-refractivity contribution is 0.0954. The molecule has 1 atom stereocenters. The van der Waals surface area contributed by atoms with Gasteiger partial charge in [-0.2, -0.15) is 0 Å². The number of thiophene rings is 1. The molecule has 0 bridgehead atoms. The first-order valence-corrected chi connectivity index (χ1v) is 9.06. The number of hydrogen-bond acceptors (Lipinski definition) is 5. The van der Waals surface area contributed by atoms with E-state index in [-0.39, 0.29) is 11.9 Å². The second-order valence-electron chi connectivity index (χ2n) is 6.23. The molecule has 3 N–H and O–H groups in total. The van der Waals surface area contributed by atoms with Crippen molar-refractivity contribution in [2.75, 3.05) is 19.8 Å². The van der Waals surface area contributed by atoms with Crippen molar-refractivity contribution in [3.05, 3.63) is 35.2 Å². The first-order chi connectivity index (χ1) is 11.7. The second-order valence-corrected chi connectivity index (χ2v) is 7.32. The Hall–Kier alpha value is -2.05. The van der Waals surface area contributed by atoms with E-state index in [1.165, 1.54) is 24.2 Å². The van der Waals surface area contributed by atoms with Crippen LogP contribution >= 0.6 is 11.3 Å². The molecular weight excluding hydrogens is 324 g/mol. The fourth-order valence-electron chi connectivity index (χ4n) is 2.80. The minimum absolute atomic E-state index is 0.0557. The molecule has 1 aromatic heterocycles. The zero-order chi connectivity index (χ0) is 16.5. The molecule has 0 saturated heterocycles. The van der Waals surface area contributed by atoms with Crippen molar-refractivity contribution in [1.82, 2.24) is 5.32 Å². The lowest BCUT2D eigenvalue weighted by atomic mass is 10.1. The van der Waals surface area contributed by atoms with Gasteiger partial charge in [0.1, 0.15) is 13.2 Å². The Balaban J connectivity index is 1.45. The van der Waals surface area contributed by atoms with Crippen molar-refractivity contribution in [1.29, 1.82) is 0 Å². The van der Waals surface area contributed by atoms with Gasteiger partial charge in [-0.15, -0.1) is 11.3 Å². The molecule has 1 saturated carbocycles. The molecule has 0 radical (unpaired) electrons. The molecule has 24 heavy (non-hydrogen) atoms. The van der Waals surface area contributed by atoms with Gasteiger partial charge in [-0.25, -0.2) is 0 Å². The molecule has 1 amide bonds. The van der Waals surface area contributed by atoms with Crippen molar-refractivity contribution >= 4 is 17.2 Å². The smallest absolute Gasteiger partial charge is 0.261 e. The number of rotatable bonds is 5. The predicted molar refractivity (Wildman–Crippen MR) is 93.8 cm³/mol. The number of ether oxygens (including phenoxy) is 2. The van der Waals surface area contributed by atoms with E-state index < -0.39 is 0 Å². The maximum atomic E-state index is 12.3. The number of nitrogens with one attached hydrogen (secondary N) is 1. The number of fused-ring (bicyclic) bond motifs is 1. The minimum Gasteiger partial charge on any atom is -0.486 e. The molecule has 0 spiro atoms. The third kappa shape index (κ3) is 3.25. The van der Waals surface area contributed by atoms with Crippen LogP contribution in [-0.4, -0.2) is 31.7 Å². The van der Waals surface area contributed by atoms with Crippen LogP contribution in [-0.2, 0) is 0 Å². The highest BCUT2D eigenvalue weighted by Crippen LogP contribution is 2.37. The number of carbonyl (C=O) groups excluding carboxylic acids is 1. The molecule has 2 aliphatic rings. The first kappa shape index (κ1) is 15.5. The lowest BCUT2D eigenvalue weighted by Gasteiger charge is -2.18. The molecule has 5 nitrogen and oxygen atoms in total. The van der Waals surface area contributed by atoms with Gasteiger partial charge in [0.05, 0.1) is 4.88 Å². The maximum Gasteiger partial charge on any atom is 0.261 e. The van der Waals surface area contributed by atoms with Gasteiger partial charge < -0.3 is 20.5 Å². The van der Waals surface area contributed by atoms with Gasteiger partial charge >= 0.3 is 0 Å². The van der Waals surface area contributed by atoms with Gasteiger partial charge in [-0.1, -0.05) is 0 Å². The van der Waals surface area contributed by atoms with Crippen molar-refractivity contribution in [2.45, 2.75) is 18.9 Å². The van der Waals surface area contributed by atoms with Crippen LogP contribution in [0.25, 0.3) is 10.4 Å². The van der Waals surface area contributed by atoms with Gasteiger partial charge in [0.2, 0.25) is 0 Å². The third-order valence-corrected chi connectivity index (χ3v) is 5.52. The van der Waals surface area contributed by atoms with Crippen LogP contribution in [0.3, 0.4) is 0 Å². The average Bonchev–Trinajstić information content (AvgIpc) is 3.35. The van der Waals surface area contributed by atoms with Crippen molar-refractivity contribution < 1.29 is 14.3 Å². The summed E-state index contributed by atoms with van der Waals surface area (Å²) in [4.78, 5) is 14.0. The standard InChI is InChI=1S/C18H20N2O3S/c19-13(11-1-2-11)10-20-18(21)17-6-5-16(24-17)12-3-4-14-15(9-12)23-8-7-22-14/h3-6,9,11,13H,1-2,7-8,10,19H2,(H,20,21). The van der Waals surface area contributed by atoms with Gasteiger partial charge in [0.25, 0.3) is 5.91 Å². The molecule has 1 aliphatic carbocycles. The average molecular weight is 344 g/mol. The molecule has 1 unspecified atom stereocenters. The Bertz CT molecular complexity index is 754. The first-order valence-electron chi connectivity index (χ1n) is 8.24. The van der Waals surface area contributed by atoms with Crippen LogP contribution in [0.5, 0.6) is 11.5 Å². The zero-order valence-electron chi connectivity index (χ0n) is 13.3. The highest BCUT2D eigenvalue weighted by molar-refractivity contribution is 7.17. The molecule has 2 aromatic rings. The Kier molecular flexibility index (Phi) is 4.16. The summed E-state index contributed by atoms with van der Waals surface area (Å²) in [7, 11) is 0. The maximum absolute atomic E-state index is 12.3. The van der Waals surface area contributed by atoms with Crippen LogP contribution in [0.4, 0.5) is 0 Å². The van der Waals surface area contributed by atoms with E-state index in [1.807, 2.05) is 30.3 Å². The summed E-state index contributed by atoms with van der Waals surface area (Å²) in [5.41, 5.74) is 7.06. The monoisotopic (exact) mass is 344 g/mol. The summed E-state index contributed by atoms with van der Waals surface area (Å²) in [6, 6.07) is 9.76.